The van der Waals surface area contributed by atoms with E-state index in [4.69, 9.17) is 9.47 Å². The minimum Gasteiger partial charge on any atom is -0.468 e. The highest BCUT2D eigenvalue weighted by Crippen LogP contribution is 2.20. The third-order valence-electron chi connectivity index (χ3n) is 2.88. The molecule has 0 aromatic carbocycles. The molecule has 0 saturated heterocycles. The molecule has 0 bridgehead atoms. The highest BCUT2D eigenvalue weighted by Gasteiger charge is 2.26. The second kappa shape index (κ2) is 8.20. The minimum atomic E-state index is -0.737. The van der Waals surface area contributed by atoms with Crippen molar-refractivity contribution in [3.8, 4) is 0 Å². The number of ether oxygens (including phenoxy) is 2. The molecular formula is C17H31NO4. The van der Waals surface area contributed by atoms with Gasteiger partial charge in [0.15, 0.2) is 0 Å². The number of alkyl carbamates (subject to hydrolysis) is 1. The van der Waals surface area contributed by atoms with E-state index in [1.54, 1.807) is 19.9 Å². The van der Waals surface area contributed by atoms with Crippen LogP contribution in [0.5, 0.6) is 0 Å². The van der Waals surface area contributed by atoms with Crippen molar-refractivity contribution in [2.24, 2.45) is 11.3 Å². The molecular weight excluding hydrogens is 282 g/mol. The molecule has 0 heterocycles. The van der Waals surface area contributed by atoms with Crippen LogP contribution in [0.3, 0.4) is 0 Å². The molecule has 5 heteroatoms. The lowest BCUT2D eigenvalue weighted by atomic mass is 9.91. The SMILES string of the molecule is COC(=O)C(C)(C)/C=C/[C@@H](CC(C)C)NC(=O)OC(C)(C)C. The Hall–Kier alpha value is -1.52. The first-order chi connectivity index (χ1) is 9.87. The van der Waals surface area contributed by atoms with Crippen LogP contribution in [0.4, 0.5) is 4.79 Å². The maximum absolute atomic E-state index is 11.9. The third-order valence-corrected chi connectivity index (χ3v) is 2.88. The molecule has 1 amide bonds. The maximum atomic E-state index is 11.9. The zero-order chi connectivity index (χ0) is 17.6. The van der Waals surface area contributed by atoms with Gasteiger partial charge in [-0.3, -0.25) is 4.79 Å². The zero-order valence-electron chi connectivity index (χ0n) is 15.1. The van der Waals surface area contributed by atoms with E-state index in [9.17, 15) is 9.59 Å². The summed E-state index contributed by atoms with van der Waals surface area (Å²) in [6.45, 7) is 13.2. The number of esters is 1. The van der Waals surface area contributed by atoms with Gasteiger partial charge in [0.25, 0.3) is 0 Å². The van der Waals surface area contributed by atoms with Crippen LogP contribution in [-0.2, 0) is 14.3 Å². The molecule has 0 rings (SSSR count). The molecule has 1 atom stereocenters. The first kappa shape index (κ1) is 20.5. The Kier molecular flexibility index (Phi) is 7.64. The number of carbonyl (C=O) groups excluding carboxylic acids is 2. The summed E-state index contributed by atoms with van der Waals surface area (Å²) in [5, 5.41) is 2.83. The summed E-state index contributed by atoms with van der Waals surface area (Å²) in [5.41, 5.74) is -1.28. The molecule has 0 saturated carbocycles. The lowest BCUT2D eigenvalue weighted by molar-refractivity contribution is -0.148. The van der Waals surface area contributed by atoms with Gasteiger partial charge in [0.1, 0.15) is 5.60 Å². The Balaban J connectivity index is 4.92. The third kappa shape index (κ3) is 8.70. The Bertz CT molecular complexity index is 405. The van der Waals surface area contributed by atoms with Crippen molar-refractivity contribution in [2.75, 3.05) is 7.11 Å². The monoisotopic (exact) mass is 313 g/mol. The smallest absolute Gasteiger partial charge is 0.408 e. The molecule has 0 aliphatic heterocycles. The van der Waals surface area contributed by atoms with Gasteiger partial charge < -0.3 is 14.8 Å². The van der Waals surface area contributed by atoms with Crippen molar-refractivity contribution in [1.82, 2.24) is 5.32 Å². The normalized spacial score (nSPS) is 14.0. The van der Waals surface area contributed by atoms with E-state index in [2.05, 4.69) is 19.2 Å². The highest BCUT2D eigenvalue weighted by atomic mass is 16.6. The van der Waals surface area contributed by atoms with Gasteiger partial charge in [-0.2, -0.15) is 0 Å². The number of amides is 1. The van der Waals surface area contributed by atoms with E-state index in [1.807, 2.05) is 26.8 Å². The fourth-order valence-corrected chi connectivity index (χ4v) is 1.84. The quantitative estimate of drug-likeness (QED) is 0.600. The van der Waals surface area contributed by atoms with Crippen molar-refractivity contribution < 1.29 is 19.1 Å². The van der Waals surface area contributed by atoms with Crippen molar-refractivity contribution in [2.45, 2.75) is 66.5 Å². The van der Waals surface area contributed by atoms with Crippen LogP contribution < -0.4 is 5.32 Å². The average Bonchev–Trinajstić information content (AvgIpc) is 2.31. The molecule has 0 radical (unpaired) electrons. The summed E-state index contributed by atoms with van der Waals surface area (Å²) in [7, 11) is 1.36. The van der Waals surface area contributed by atoms with Gasteiger partial charge in [0, 0.05) is 0 Å². The molecule has 128 valence electrons. The van der Waals surface area contributed by atoms with Crippen LogP contribution in [0.1, 0.15) is 54.9 Å². The van der Waals surface area contributed by atoms with Gasteiger partial charge in [-0.25, -0.2) is 4.79 Å². The number of hydrogen-bond acceptors (Lipinski definition) is 4. The van der Waals surface area contributed by atoms with Crippen LogP contribution in [0.15, 0.2) is 12.2 Å². The van der Waals surface area contributed by atoms with Gasteiger partial charge in [-0.05, 0) is 47.0 Å². The van der Waals surface area contributed by atoms with Crippen LogP contribution in [0.2, 0.25) is 0 Å². The zero-order valence-corrected chi connectivity index (χ0v) is 15.1. The molecule has 1 N–H and O–H groups in total. The molecule has 5 nitrogen and oxygen atoms in total. The highest BCUT2D eigenvalue weighted by molar-refractivity contribution is 5.78. The van der Waals surface area contributed by atoms with Gasteiger partial charge in [-0.15, -0.1) is 0 Å². The van der Waals surface area contributed by atoms with E-state index in [-0.39, 0.29) is 12.0 Å². The Morgan fingerprint density at radius 3 is 2.09 bits per heavy atom. The second-order valence-corrected chi connectivity index (χ2v) is 7.45. The van der Waals surface area contributed by atoms with Crippen molar-refractivity contribution in [1.29, 1.82) is 0 Å². The molecule has 0 aliphatic rings. The van der Waals surface area contributed by atoms with E-state index in [0.717, 1.165) is 6.42 Å². The van der Waals surface area contributed by atoms with Gasteiger partial charge in [-0.1, -0.05) is 26.0 Å². The summed E-state index contributed by atoms with van der Waals surface area (Å²) in [6, 6.07) is -0.196. The van der Waals surface area contributed by atoms with Gasteiger partial charge in [0.05, 0.1) is 18.6 Å². The molecule has 0 fully saturated rings. The topological polar surface area (TPSA) is 64.6 Å². The average molecular weight is 313 g/mol. The molecule has 0 unspecified atom stereocenters. The van der Waals surface area contributed by atoms with E-state index in [1.165, 1.54) is 7.11 Å². The number of rotatable bonds is 6. The summed E-state index contributed by atoms with van der Waals surface area (Å²) < 4.78 is 10.0. The molecule has 0 aromatic heterocycles. The minimum absolute atomic E-state index is 0.196. The van der Waals surface area contributed by atoms with Crippen molar-refractivity contribution in [3.63, 3.8) is 0 Å². The number of carbonyl (C=O) groups is 2. The largest absolute Gasteiger partial charge is 0.468 e. The van der Waals surface area contributed by atoms with Crippen LogP contribution >= 0.6 is 0 Å². The van der Waals surface area contributed by atoms with Gasteiger partial charge >= 0.3 is 12.1 Å². The second-order valence-electron chi connectivity index (χ2n) is 7.45. The van der Waals surface area contributed by atoms with E-state index < -0.39 is 17.1 Å². The lowest BCUT2D eigenvalue weighted by Gasteiger charge is -2.24. The van der Waals surface area contributed by atoms with Crippen LogP contribution in [-0.4, -0.2) is 30.8 Å². The fourth-order valence-electron chi connectivity index (χ4n) is 1.84. The predicted molar refractivity (Wildman–Crippen MR) is 87.5 cm³/mol. The number of hydrogen-bond donors (Lipinski definition) is 1. The Morgan fingerprint density at radius 2 is 1.68 bits per heavy atom. The summed E-state index contributed by atoms with van der Waals surface area (Å²) >= 11 is 0. The lowest BCUT2D eigenvalue weighted by Crippen LogP contribution is -2.39. The Morgan fingerprint density at radius 1 is 1.14 bits per heavy atom. The molecule has 0 aromatic rings. The van der Waals surface area contributed by atoms with Crippen molar-refractivity contribution in [3.05, 3.63) is 12.2 Å². The van der Waals surface area contributed by atoms with Crippen LogP contribution in [0, 0.1) is 11.3 Å². The summed E-state index contributed by atoms with van der Waals surface area (Å²) in [5.74, 6) is 0.0788. The standard InChI is InChI=1S/C17H31NO4/c1-12(2)11-13(18-15(20)22-16(3,4)5)9-10-17(6,7)14(19)21-8/h9-10,12-13H,11H2,1-8H3,(H,18,20)/b10-9+/t13-/m0/s1. The number of methoxy groups -OCH3 is 1. The van der Waals surface area contributed by atoms with E-state index in [0.29, 0.717) is 5.92 Å². The first-order valence-corrected chi connectivity index (χ1v) is 7.64. The summed E-state index contributed by atoms with van der Waals surface area (Å²) in [6.07, 6.45) is 3.90. The summed E-state index contributed by atoms with van der Waals surface area (Å²) in [4.78, 5) is 23.6. The molecule has 0 aliphatic carbocycles. The van der Waals surface area contributed by atoms with Crippen LogP contribution in [0.25, 0.3) is 0 Å². The molecule has 22 heavy (non-hydrogen) atoms. The van der Waals surface area contributed by atoms with Crippen molar-refractivity contribution >= 4 is 12.1 Å². The fraction of sp³-hybridized carbons (Fsp3) is 0.765. The van der Waals surface area contributed by atoms with Gasteiger partial charge in [0.2, 0.25) is 0 Å². The first-order valence-electron chi connectivity index (χ1n) is 7.64. The predicted octanol–water partition coefficient (Wildman–Crippen LogP) is 3.68. The molecule has 0 spiro atoms. The van der Waals surface area contributed by atoms with E-state index >= 15 is 0 Å². The number of nitrogens with one attached hydrogen (secondary N) is 1. The Labute approximate surface area is 134 Å². The maximum Gasteiger partial charge on any atom is 0.408 e.